The summed E-state index contributed by atoms with van der Waals surface area (Å²) in [6.45, 7) is 1.40. The highest BCUT2D eigenvalue weighted by atomic mass is 35.5. The van der Waals surface area contributed by atoms with Gasteiger partial charge < -0.3 is 16.0 Å². The third kappa shape index (κ3) is 5.96. The normalized spacial score (nSPS) is 11.6. The molecule has 0 aliphatic carbocycles. The zero-order valence-corrected chi connectivity index (χ0v) is 18.3. The van der Waals surface area contributed by atoms with Crippen molar-refractivity contribution in [3.63, 3.8) is 0 Å². The Morgan fingerprint density at radius 3 is 2.35 bits per heavy atom. The fourth-order valence-electron chi connectivity index (χ4n) is 3.17. The molecular formula is C23H21Cl2N3O3. The fourth-order valence-corrected chi connectivity index (χ4v) is 3.66. The predicted molar refractivity (Wildman–Crippen MR) is 122 cm³/mol. The molecule has 8 heteroatoms. The lowest BCUT2D eigenvalue weighted by Gasteiger charge is -2.17. The van der Waals surface area contributed by atoms with Crippen LogP contribution in [0.1, 0.15) is 28.9 Å². The first-order valence-corrected chi connectivity index (χ1v) is 10.4. The van der Waals surface area contributed by atoms with Crippen molar-refractivity contribution < 1.29 is 14.4 Å². The first kappa shape index (κ1) is 22.6. The third-order valence-corrected chi connectivity index (χ3v) is 5.25. The van der Waals surface area contributed by atoms with Gasteiger partial charge in [0.1, 0.15) is 0 Å². The largest absolute Gasteiger partial charge is 0.348 e. The quantitative estimate of drug-likeness (QED) is 0.503. The highest BCUT2D eigenvalue weighted by molar-refractivity contribution is 6.36. The van der Waals surface area contributed by atoms with Crippen molar-refractivity contribution in [2.75, 3.05) is 13.1 Å². The molecule has 0 aliphatic rings. The minimum absolute atomic E-state index is 0.187. The van der Waals surface area contributed by atoms with E-state index in [2.05, 4.69) is 16.0 Å². The number of fused-ring (bicyclic) bond motifs is 1. The minimum atomic E-state index is -0.508. The van der Waals surface area contributed by atoms with Gasteiger partial charge in [0.2, 0.25) is 11.8 Å². The van der Waals surface area contributed by atoms with Gasteiger partial charge in [0.25, 0.3) is 5.91 Å². The van der Waals surface area contributed by atoms with Crippen molar-refractivity contribution in [1.29, 1.82) is 0 Å². The van der Waals surface area contributed by atoms with Crippen molar-refractivity contribution >= 4 is 51.7 Å². The van der Waals surface area contributed by atoms with Gasteiger partial charge in [-0.15, -0.1) is 0 Å². The molecule has 6 nitrogen and oxygen atoms in total. The lowest BCUT2D eigenvalue weighted by atomic mass is 10.00. The number of hydrogen-bond donors (Lipinski definition) is 3. The van der Waals surface area contributed by atoms with E-state index in [9.17, 15) is 14.4 Å². The van der Waals surface area contributed by atoms with Gasteiger partial charge in [-0.25, -0.2) is 0 Å². The predicted octanol–water partition coefficient (Wildman–Crippen LogP) is 3.87. The van der Waals surface area contributed by atoms with Crippen LogP contribution in [0.15, 0.2) is 60.7 Å². The summed E-state index contributed by atoms with van der Waals surface area (Å²) < 4.78 is 0. The number of amides is 3. The van der Waals surface area contributed by atoms with Crippen molar-refractivity contribution in [3.05, 3.63) is 81.8 Å². The van der Waals surface area contributed by atoms with Crippen molar-refractivity contribution in [2.45, 2.75) is 13.0 Å². The van der Waals surface area contributed by atoms with E-state index in [1.165, 1.54) is 18.2 Å². The van der Waals surface area contributed by atoms with E-state index in [0.29, 0.717) is 5.02 Å². The Balaban J connectivity index is 1.47. The van der Waals surface area contributed by atoms with Crippen LogP contribution < -0.4 is 16.0 Å². The van der Waals surface area contributed by atoms with Gasteiger partial charge in [0.05, 0.1) is 29.7 Å². The average Bonchev–Trinajstić information content (AvgIpc) is 2.75. The maximum absolute atomic E-state index is 12.3. The van der Waals surface area contributed by atoms with Crippen LogP contribution >= 0.6 is 23.2 Å². The third-order valence-electron chi connectivity index (χ3n) is 4.70. The Morgan fingerprint density at radius 1 is 0.871 bits per heavy atom. The maximum Gasteiger partial charge on any atom is 0.253 e. The minimum Gasteiger partial charge on any atom is -0.348 e. The van der Waals surface area contributed by atoms with E-state index in [4.69, 9.17) is 23.2 Å². The molecule has 0 fully saturated rings. The van der Waals surface area contributed by atoms with Crippen LogP contribution in [0.25, 0.3) is 10.8 Å². The lowest BCUT2D eigenvalue weighted by Crippen LogP contribution is -2.42. The molecule has 0 aromatic heterocycles. The molecule has 0 aliphatic heterocycles. The van der Waals surface area contributed by atoms with Crippen molar-refractivity contribution in [3.8, 4) is 0 Å². The lowest BCUT2D eigenvalue weighted by molar-refractivity contribution is -0.125. The van der Waals surface area contributed by atoms with E-state index >= 15 is 0 Å². The van der Waals surface area contributed by atoms with Crippen LogP contribution in [-0.2, 0) is 9.59 Å². The number of carbonyl (C=O) groups excluding carboxylic acids is 3. The zero-order valence-electron chi connectivity index (χ0n) is 16.7. The highest BCUT2D eigenvalue weighted by Gasteiger charge is 2.15. The van der Waals surface area contributed by atoms with E-state index in [1.54, 1.807) is 0 Å². The summed E-state index contributed by atoms with van der Waals surface area (Å²) in [6.07, 6.45) is 0. The number of halogens is 2. The molecule has 3 N–H and O–H groups in total. The molecule has 3 amide bonds. The summed E-state index contributed by atoms with van der Waals surface area (Å²) in [7, 11) is 0. The summed E-state index contributed by atoms with van der Waals surface area (Å²) in [6, 6.07) is 18.1. The SMILES string of the molecule is C[C@@H](NC(=O)CNC(=O)CNC(=O)c1ccc(Cl)cc1Cl)c1cccc2ccccc12. The number of nitrogens with one attached hydrogen (secondary N) is 3. The van der Waals surface area contributed by atoms with E-state index < -0.39 is 11.8 Å². The van der Waals surface area contributed by atoms with Gasteiger partial charge in [-0.1, -0.05) is 65.7 Å². The van der Waals surface area contributed by atoms with Gasteiger partial charge in [-0.3, -0.25) is 14.4 Å². The number of hydrogen-bond acceptors (Lipinski definition) is 3. The zero-order chi connectivity index (χ0) is 22.4. The smallest absolute Gasteiger partial charge is 0.253 e. The van der Waals surface area contributed by atoms with Crippen molar-refractivity contribution in [1.82, 2.24) is 16.0 Å². The van der Waals surface area contributed by atoms with Gasteiger partial charge in [-0.05, 0) is 41.5 Å². The molecule has 0 heterocycles. The Morgan fingerprint density at radius 2 is 1.58 bits per heavy atom. The fraction of sp³-hybridized carbons (Fsp3) is 0.174. The molecule has 31 heavy (non-hydrogen) atoms. The topological polar surface area (TPSA) is 87.3 Å². The number of benzene rings is 3. The van der Waals surface area contributed by atoms with Crippen LogP contribution in [0.2, 0.25) is 10.0 Å². The van der Waals surface area contributed by atoms with Crippen molar-refractivity contribution in [2.24, 2.45) is 0 Å². The summed E-state index contributed by atoms with van der Waals surface area (Å²) in [4.78, 5) is 36.4. The summed E-state index contributed by atoms with van der Waals surface area (Å²) >= 11 is 11.8. The molecule has 1 atom stereocenters. The van der Waals surface area contributed by atoms with E-state index in [-0.39, 0.29) is 35.6 Å². The standard InChI is InChI=1S/C23H21Cl2N3O3/c1-14(17-8-4-6-15-5-2-3-7-18(15)17)28-22(30)13-26-21(29)12-27-23(31)19-10-9-16(24)11-20(19)25/h2-11,14H,12-13H2,1H3,(H,26,29)(H,27,31)(H,28,30)/t14-/m1/s1. The van der Waals surface area contributed by atoms with Gasteiger partial charge in [-0.2, -0.15) is 0 Å². The van der Waals surface area contributed by atoms with E-state index in [1.807, 2.05) is 49.4 Å². The van der Waals surface area contributed by atoms with Crippen LogP contribution in [0.5, 0.6) is 0 Å². The van der Waals surface area contributed by atoms with Gasteiger partial charge in [0.15, 0.2) is 0 Å². The van der Waals surface area contributed by atoms with Crippen LogP contribution in [-0.4, -0.2) is 30.8 Å². The summed E-state index contributed by atoms with van der Waals surface area (Å²) in [5.74, 6) is -1.34. The molecule has 0 saturated carbocycles. The monoisotopic (exact) mass is 457 g/mol. The Labute approximate surface area is 189 Å². The second-order valence-corrected chi connectivity index (χ2v) is 7.78. The maximum atomic E-state index is 12.3. The van der Waals surface area contributed by atoms with Gasteiger partial charge >= 0.3 is 0 Å². The highest BCUT2D eigenvalue weighted by Crippen LogP contribution is 2.24. The number of carbonyl (C=O) groups is 3. The molecule has 0 radical (unpaired) electrons. The first-order valence-electron chi connectivity index (χ1n) is 9.62. The molecule has 160 valence electrons. The molecule has 0 unspecified atom stereocenters. The molecule has 0 bridgehead atoms. The van der Waals surface area contributed by atoms with Crippen LogP contribution in [0.3, 0.4) is 0 Å². The average molecular weight is 458 g/mol. The first-order chi connectivity index (χ1) is 14.8. The molecule has 3 rings (SSSR count). The Bertz CT molecular complexity index is 1130. The van der Waals surface area contributed by atoms with Gasteiger partial charge in [0, 0.05) is 5.02 Å². The molecule has 0 saturated heterocycles. The Hall–Kier alpha value is -3.09. The number of rotatable bonds is 7. The van der Waals surface area contributed by atoms with E-state index in [0.717, 1.165) is 16.3 Å². The summed E-state index contributed by atoms with van der Waals surface area (Å²) in [5, 5.41) is 10.6. The summed E-state index contributed by atoms with van der Waals surface area (Å²) in [5.41, 5.74) is 1.20. The molecule has 3 aromatic rings. The molecule has 0 spiro atoms. The Kier molecular flexibility index (Phi) is 7.50. The molecule has 3 aromatic carbocycles. The second kappa shape index (κ2) is 10.3. The molecular weight excluding hydrogens is 437 g/mol. The van der Waals surface area contributed by atoms with Crippen LogP contribution in [0.4, 0.5) is 0 Å². The van der Waals surface area contributed by atoms with Crippen LogP contribution in [0, 0.1) is 0 Å². The second-order valence-electron chi connectivity index (χ2n) is 6.94.